The van der Waals surface area contributed by atoms with E-state index in [1.54, 1.807) is 6.20 Å². The van der Waals surface area contributed by atoms with Crippen molar-refractivity contribution in [1.82, 2.24) is 25.6 Å². The number of nitrogens with two attached hydrogens (primary N) is 1. The van der Waals surface area contributed by atoms with Crippen molar-refractivity contribution in [3.05, 3.63) is 54.2 Å². The van der Waals surface area contributed by atoms with E-state index in [0.29, 0.717) is 5.69 Å². The molecule has 8 N–H and O–H groups in total. The summed E-state index contributed by atoms with van der Waals surface area (Å²) < 4.78 is 0. The molecule has 2 heterocycles. The number of carbonyl (C=O) groups excluding carboxylic acids is 2. The van der Waals surface area contributed by atoms with Gasteiger partial charge in [-0.1, -0.05) is 18.2 Å². The molecule has 3 aromatic rings. The molecule has 0 aliphatic heterocycles. The van der Waals surface area contributed by atoms with Gasteiger partial charge >= 0.3 is 11.9 Å². The Morgan fingerprint density at radius 2 is 1.74 bits per heavy atom. The highest BCUT2D eigenvalue weighted by Crippen LogP contribution is 2.19. The van der Waals surface area contributed by atoms with Crippen molar-refractivity contribution in [3.63, 3.8) is 0 Å². The molecule has 2 aromatic heterocycles. The molecule has 0 radical (unpaired) electrons. The molecule has 180 valence electrons. The molecule has 0 aliphatic rings. The van der Waals surface area contributed by atoms with Crippen LogP contribution in [0.4, 0.5) is 0 Å². The average molecular weight is 470 g/mol. The maximum Gasteiger partial charge on any atom is 0.326 e. The SMILES string of the molecule is N[C@@H](Cc1cnc[nH]1)C(=O)N[C@@H](Cc1c[nH]c2ccccc12)C(=O)N[C@@H](CCC(=O)O)C(=O)O. The Balaban J connectivity index is 1.78. The van der Waals surface area contributed by atoms with Gasteiger partial charge in [-0.15, -0.1) is 0 Å². The number of nitrogens with one attached hydrogen (secondary N) is 4. The van der Waals surface area contributed by atoms with Crippen LogP contribution in [0.1, 0.15) is 24.1 Å². The van der Waals surface area contributed by atoms with Gasteiger partial charge < -0.3 is 36.5 Å². The topological polar surface area (TPSA) is 203 Å². The van der Waals surface area contributed by atoms with Gasteiger partial charge in [-0.2, -0.15) is 0 Å². The Hall–Kier alpha value is -4.19. The molecule has 0 fully saturated rings. The van der Waals surface area contributed by atoms with Crippen molar-refractivity contribution in [1.29, 1.82) is 0 Å². The zero-order valence-corrected chi connectivity index (χ0v) is 18.2. The summed E-state index contributed by atoms with van der Waals surface area (Å²) in [5.41, 5.74) is 8.20. The minimum Gasteiger partial charge on any atom is -0.481 e. The van der Waals surface area contributed by atoms with Gasteiger partial charge in [-0.05, 0) is 18.1 Å². The Morgan fingerprint density at radius 1 is 1.00 bits per heavy atom. The fourth-order valence-electron chi connectivity index (χ4n) is 3.53. The molecular weight excluding hydrogens is 444 g/mol. The molecule has 3 rings (SSSR count). The van der Waals surface area contributed by atoms with Crippen molar-refractivity contribution < 1.29 is 29.4 Å². The third-order valence-corrected chi connectivity index (χ3v) is 5.32. The van der Waals surface area contributed by atoms with E-state index in [-0.39, 0.29) is 19.3 Å². The molecule has 0 unspecified atom stereocenters. The number of carboxylic acids is 2. The zero-order valence-electron chi connectivity index (χ0n) is 18.2. The number of carboxylic acid groups (broad SMARTS) is 2. The molecule has 2 amide bonds. The largest absolute Gasteiger partial charge is 0.481 e. The first kappa shape index (κ1) is 24.5. The van der Waals surface area contributed by atoms with Gasteiger partial charge in [0.15, 0.2) is 0 Å². The van der Waals surface area contributed by atoms with Crippen LogP contribution >= 0.6 is 0 Å². The second-order valence-electron chi connectivity index (χ2n) is 7.84. The van der Waals surface area contributed by atoms with Crippen LogP contribution in [0.2, 0.25) is 0 Å². The monoisotopic (exact) mass is 470 g/mol. The van der Waals surface area contributed by atoms with Gasteiger partial charge in [-0.3, -0.25) is 14.4 Å². The van der Waals surface area contributed by atoms with E-state index in [0.717, 1.165) is 16.5 Å². The number of aromatic amines is 2. The van der Waals surface area contributed by atoms with Crippen LogP contribution < -0.4 is 16.4 Å². The van der Waals surface area contributed by atoms with Gasteiger partial charge in [-0.25, -0.2) is 9.78 Å². The van der Waals surface area contributed by atoms with Gasteiger partial charge in [0.05, 0.1) is 12.4 Å². The predicted molar refractivity (Wildman–Crippen MR) is 121 cm³/mol. The quantitative estimate of drug-likeness (QED) is 0.190. The minimum absolute atomic E-state index is 0.0592. The Labute approximate surface area is 193 Å². The molecule has 0 saturated carbocycles. The number of amides is 2. The van der Waals surface area contributed by atoms with Crippen LogP contribution in [-0.2, 0) is 32.0 Å². The van der Waals surface area contributed by atoms with Gasteiger partial charge in [0.2, 0.25) is 11.8 Å². The van der Waals surface area contributed by atoms with Crippen molar-refractivity contribution in [3.8, 4) is 0 Å². The van der Waals surface area contributed by atoms with Crippen LogP contribution in [0, 0.1) is 0 Å². The number of hydrogen-bond acceptors (Lipinski definition) is 6. The molecule has 0 aliphatic carbocycles. The van der Waals surface area contributed by atoms with Crippen molar-refractivity contribution >= 4 is 34.7 Å². The van der Waals surface area contributed by atoms with Crippen LogP contribution in [-0.4, -0.2) is 67.0 Å². The lowest BCUT2D eigenvalue weighted by atomic mass is 10.0. The van der Waals surface area contributed by atoms with Crippen molar-refractivity contribution in [2.75, 3.05) is 0 Å². The summed E-state index contributed by atoms with van der Waals surface area (Å²) in [4.78, 5) is 58.0. The molecule has 0 bridgehead atoms. The van der Waals surface area contributed by atoms with E-state index < -0.39 is 48.3 Å². The number of nitrogens with zero attached hydrogens (tertiary/aromatic N) is 1. The summed E-state index contributed by atoms with van der Waals surface area (Å²) in [7, 11) is 0. The lowest BCUT2D eigenvalue weighted by Gasteiger charge is -2.22. The summed E-state index contributed by atoms with van der Waals surface area (Å²) in [6.45, 7) is 0. The van der Waals surface area contributed by atoms with E-state index in [1.807, 2.05) is 24.3 Å². The maximum atomic E-state index is 13.0. The molecule has 1 aromatic carbocycles. The summed E-state index contributed by atoms with van der Waals surface area (Å²) in [6.07, 6.45) is 4.17. The third kappa shape index (κ3) is 6.42. The van der Waals surface area contributed by atoms with Gasteiger partial charge in [0.1, 0.15) is 12.1 Å². The lowest BCUT2D eigenvalue weighted by Crippen LogP contribution is -2.55. The van der Waals surface area contributed by atoms with E-state index >= 15 is 0 Å². The molecule has 3 atom stereocenters. The van der Waals surface area contributed by atoms with Crippen LogP contribution in [0.15, 0.2) is 43.0 Å². The zero-order chi connectivity index (χ0) is 24.7. The van der Waals surface area contributed by atoms with E-state index in [4.69, 9.17) is 10.8 Å². The molecule has 0 spiro atoms. The van der Waals surface area contributed by atoms with Crippen molar-refractivity contribution in [2.45, 2.75) is 43.8 Å². The Kier molecular flexibility index (Phi) is 7.98. The van der Waals surface area contributed by atoms with E-state index in [9.17, 15) is 24.3 Å². The number of para-hydroxylation sites is 1. The van der Waals surface area contributed by atoms with Crippen molar-refractivity contribution in [2.24, 2.45) is 5.73 Å². The second-order valence-corrected chi connectivity index (χ2v) is 7.84. The highest BCUT2D eigenvalue weighted by atomic mass is 16.4. The first-order chi connectivity index (χ1) is 16.2. The summed E-state index contributed by atoms with van der Waals surface area (Å²) >= 11 is 0. The minimum atomic E-state index is -1.43. The smallest absolute Gasteiger partial charge is 0.326 e. The standard InChI is InChI=1S/C22H26N6O6/c23-15(8-13-10-24-11-26-13)20(31)28-18(7-12-9-25-16-4-2-1-3-14(12)16)21(32)27-17(22(33)34)5-6-19(29)30/h1-4,9-11,15,17-18,25H,5-8,23H2,(H,24,26)(H,27,32)(H,28,31)(H,29,30)(H,33,34)/t15-,17-,18-/m0/s1. The van der Waals surface area contributed by atoms with Crippen LogP contribution in [0.25, 0.3) is 10.9 Å². The maximum absolute atomic E-state index is 13.0. The van der Waals surface area contributed by atoms with E-state index in [2.05, 4.69) is 25.6 Å². The average Bonchev–Trinajstić information content (AvgIpc) is 3.45. The van der Waals surface area contributed by atoms with E-state index in [1.165, 1.54) is 12.5 Å². The van der Waals surface area contributed by atoms with Crippen LogP contribution in [0.3, 0.4) is 0 Å². The fraction of sp³-hybridized carbons (Fsp3) is 0.318. The molecule has 0 saturated heterocycles. The number of fused-ring (bicyclic) bond motifs is 1. The molecular formula is C22H26N6O6. The summed E-state index contributed by atoms with van der Waals surface area (Å²) in [6, 6.07) is 3.84. The normalized spacial score (nSPS) is 13.7. The summed E-state index contributed by atoms with van der Waals surface area (Å²) in [5.74, 6) is -3.92. The third-order valence-electron chi connectivity index (χ3n) is 5.32. The van der Waals surface area contributed by atoms with Gasteiger partial charge in [0, 0.05) is 48.3 Å². The number of H-pyrrole nitrogens is 2. The number of benzene rings is 1. The number of aromatic nitrogens is 3. The fourth-order valence-corrected chi connectivity index (χ4v) is 3.53. The highest BCUT2D eigenvalue weighted by Gasteiger charge is 2.29. The van der Waals surface area contributed by atoms with Crippen LogP contribution in [0.5, 0.6) is 0 Å². The van der Waals surface area contributed by atoms with Gasteiger partial charge in [0.25, 0.3) is 0 Å². The molecule has 12 nitrogen and oxygen atoms in total. The predicted octanol–water partition coefficient (Wildman–Crippen LogP) is -0.0775. The second kappa shape index (κ2) is 11.1. The first-order valence-corrected chi connectivity index (χ1v) is 10.6. The first-order valence-electron chi connectivity index (χ1n) is 10.6. The Bertz CT molecular complexity index is 1160. The molecule has 12 heteroatoms. The number of rotatable bonds is 12. The molecule has 34 heavy (non-hydrogen) atoms. The number of carbonyl (C=O) groups is 4. The highest BCUT2D eigenvalue weighted by molar-refractivity contribution is 5.93. The number of hydrogen-bond donors (Lipinski definition) is 7. The summed E-state index contributed by atoms with van der Waals surface area (Å²) in [5, 5.41) is 24.0. The lowest BCUT2D eigenvalue weighted by molar-refractivity contribution is -0.143. The number of imidazole rings is 1. The Morgan fingerprint density at radius 3 is 2.41 bits per heavy atom. The number of aliphatic carboxylic acids is 2.